The van der Waals surface area contributed by atoms with Gasteiger partial charge in [0.05, 0.1) is 0 Å². The second-order valence-electron chi connectivity index (χ2n) is 6.04. The highest BCUT2D eigenvalue weighted by molar-refractivity contribution is 5.01. The second kappa shape index (κ2) is 3.87. The summed E-state index contributed by atoms with van der Waals surface area (Å²) in [6.45, 7) is 9.77. The van der Waals surface area contributed by atoms with Crippen molar-refractivity contribution in [1.29, 1.82) is 0 Å². The number of hydrogen-bond donors (Lipinski definition) is 0. The van der Waals surface area contributed by atoms with E-state index in [9.17, 15) is 0 Å². The van der Waals surface area contributed by atoms with Gasteiger partial charge in [0.25, 0.3) is 0 Å². The average Bonchev–Trinajstić information content (AvgIpc) is 2.24. The number of hydrogen-bond acceptors (Lipinski definition) is 0. The maximum atomic E-state index is 2.53. The summed E-state index contributed by atoms with van der Waals surface area (Å²) in [6.07, 6.45) is 5.95. The summed E-state index contributed by atoms with van der Waals surface area (Å²) in [5.41, 5.74) is 0. The SMILES string of the molecule is CCCC1C(C)C2CCC2C1C(C)C. The van der Waals surface area contributed by atoms with Crippen LogP contribution in [0.5, 0.6) is 0 Å². The van der Waals surface area contributed by atoms with Crippen molar-refractivity contribution in [2.45, 2.75) is 53.4 Å². The Morgan fingerprint density at radius 3 is 2.21 bits per heavy atom. The van der Waals surface area contributed by atoms with Crippen LogP contribution < -0.4 is 0 Å². The van der Waals surface area contributed by atoms with Crippen LogP contribution in [0.3, 0.4) is 0 Å². The molecular formula is C14H26. The van der Waals surface area contributed by atoms with Gasteiger partial charge in [0.2, 0.25) is 0 Å². The number of fused-ring (bicyclic) bond motifs is 1. The first-order chi connectivity index (χ1) is 6.66. The van der Waals surface area contributed by atoms with E-state index in [2.05, 4.69) is 27.7 Å². The Labute approximate surface area is 89.5 Å². The lowest BCUT2D eigenvalue weighted by Crippen LogP contribution is -2.29. The molecule has 0 aliphatic heterocycles. The Kier molecular flexibility index (Phi) is 2.91. The zero-order valence-electron chi connectivity index (χ0n) is 10.3. The molecule has 2 aliphatic rings. The van der Waals surface area contributed by atoms with Crippen molar-refractivity contribution >= 4 is 0 Å². The maximum Gasteiger partial charge on any atom is -0.0329 e. The Morgan fingerprint density at radius 2 is 1.79 bits per heavy atom. The molecule has 0 amide bonds. The highest BCUT2D eigenvalue weighted by Crippen LogP contribution is 2.59. The summed E-state index contributed by atoms with van der Waals surface area (Å²) in [5.74, 6) is 6.28. The van der Waals surface area contributed by atoms with Gasteiger partial charge in [-0.05, 0) is 48.3 Å². The van der Waals surface area contributed by atoms with Crippen molar-refractivity contribution in [2.75, 3.05) is 0 Å². The van der Waals surface area contributed by atoms with Gasteiger partial charge in [-0.2, -0.15) is 0 Å². The Bertz CT molecular complexity index is 194. The van der Waals surface area contributed by atoms with Crippen LogP contribution in [0, 0.1) is 35.5 Å². The molecule has 2 saturated carbocycles. The minimum absolute atomic E-state index is 0.921. The van der Waals surface area contributed by atoms with Gasteiger partial charge >= 0.3 is 0 Å². The van der Waals surface area contributed by atoms with E-state index in [1.807, 2.05) is 0 Å². The van der Waals surface area contributed by atoms with Crippen LogP contribution in [0.2, 0.25) is 0 Å². The molecule has 5 unspecified atom stereocenters. The summed E-state index contributed by atoms with van der Waals surface area (Å²) < 4.78 is 0. The van der Waals surface area contributed by atoms with E-state index in [0.29, 0.717) is 0 Å². The van der Waals surface area contributed by atoms with Crippen LogP contribution in [-0.4, -0.2) is 0 Å². The van der Waals surface area contributed by atoms with Gasteiger partial charge in [-0.25, -0.2) is 0 Å². The summed E-state index contributed by atoms with van der Waals surface area (Å²) in [7, 11) is 0. The summed E-state index contributed by atoms with van der Waals surface area (Å²) in [6, 6.07) is 0. The molecule has 82 valence electrons. The monoisotopic (exact) mass is 194 g/mol. The molecule has 0 bridgehead atoms. The third-order valence-corrected chi connectivity index (χ3v) is 5.11. The van der Waals surface area contributed by atoms with E-state index < -0.39 is 0 Å². The molecule has 2 fully saturated rings. The molecule has 0 aromatic carbocycles. The minimum Gasteiger partial charge on any atom is -0.0654 e. The normalized spacial score (nSPS) is 46.5. The lowest BCUT2D eigenvalue weighted by molar-refractivity contribution is 0.124. The van der Waals surface area contributed by atoms with Crippen molar-refractivity contribution in [3.05, 3.63) is 0 Å². The van der Waals surface area contributed by atoms with Crippen LogP contribution in [-0.2, 0) is 0 Å². The lowest BCUT2D eigenvalue weighted by atomic mass is 9.68. The highest BCUT2D eigenvalue weighted by Gasteiger charge is 2.52. The largest absolute Gasteiger partial charge is 0.0654 e. The molecule has 0 aromatic rings. The Balaban J connectivity index is 2.11. The predicted octanol–water partition coefficient (Wildman–Crippen LogP) is 4.35. The van der Waals surface area contributed by atoms with Crippen molar-refractivity contribution < 1.29 is 0 Å². The second-order valence-corrected chi connectivity index (χ2v) is 6.04. The van der Waals surface area contributed by atoms with Gasteiger partial charge in [0, 0.05) is 0 Å². The third-order valence-electron chi connectivity index (χ3n) is 5.11. The topological polar surface area (TPSA) is 0 Å². The molecule has 0 heteroatoms. The van der Waals surface area contributed by atoms with Crippen molar-refractivity contribution in [2.24, 2.45) is 35.5 Å². The molecule has 0 N–H and O–H groups in total. The van der Waals surface area contributed by atoms with Crippen LogP contribution in [0.1, 0.15) is 53.4 Å². The van der Waals surface area contributed by atoms with E-state index in [1.165, 1.54) is 25.7 Å². The molecule has 2 rings (SSSR count). The van der Waals surface area contributed by atoms with Gasteiger partial charge in [0.15, 0.2) is 0 Å². The van der Waals surface area contributed by atoms with Crippen molar-refractivity contribution in [1.82, 2.24) is 0 Å². The average molecular weight is 194 g/mol. The fourth-order valence-corrected chi connectivity index (χ4v) is 4.45. The maximum absolute atomic E-state index is 2.53. The molecule has 0 nitrogen and oxygen atoms in total. The van der Waals surface area contributed by atoms with Crippen LogP contribution in [0.4, 0.5) is 0 Å². The van der Waals surface area contributed by atoms with E-state index >= 15 is 0 Å². The zero-order chi connectivity index (χ0) is 10.3. The fraction of sp³-hybridized carbons (Fsp3) is 1.00. The molecule has 0 heterocycles. The standard InChI is InChI=1S/C14H26/c1-5-6-12-10(4)11-7-8-13(11)14(12)9(2)3/h9-14H,5-8H2,1-4H3. The van der Waals surface area contributed by atoms with Gasteiger partial charge in [0.1, 0.15) is 0 Å². The van der Waals surface area contributed by atoms with Crippen LogP contribution in [0.15, 0.2) is 0 Å². The van der Waals surface area contributed by atoms with E-state index in [0.717, 1.165) is 35.5 Å². The smallest absolute Gasteiger partial charge is 0.0329 e. The fourth-order valence-electron chi connectivity index (χ4n) is 4.45. The summed E-state index contributed by atoms with van der Waals surface area (Å²) in [5, 5.41) is 0. The number of rotatable bonds is 3. The van der Waals surface area contributed by atoms with Gasteiger partial charge in [-0.1, -0.05) is 40.5 Å². The Hall–Kier alpha value is 0. The van der Waals surface area contributed by atoms with Gasteiger partial charge < -0.3 is 0 Å². The van der Waals surface area contributed by atoms with Crippen molar-refractivity contribution in [3.8, 4) is 0 Å². The first kappa shape index (κ1) is 10.5. The lowest BCUT2D eigenvalue weighted by Gasteiger charge is -2.37. The quantitative estimate of drug-likeness (QED) is 0.626. The van der Waals surface area contributed by atoms with Crippen LogP contribution in [0.25, 0.3) is 0 Å². The molecule has 5 atom stereocenters. The van der Waals surface area contributed by atoms with Crippen LogP contribution >= 0.6 is 0 Å². The minimum atomic E-state index is 0.921. The summed E-state index contributed by atoms with van der Waals surface area (Å²) in [4.78, 5) is 0. The third kappa shape index (κ3) is 1.42. The van der Waals surface area contributed by atoms with Gasteiger partial charge in [-0.15, -0.1) is 0 Å². The molecule has 0 aromatic heterocycles. The first-order valence-electron chi connectivity index (χ1n) is 6.66. The molecule has 14 heavy (non-hydrogen) atoms. The highest BCUT2D eigenvalue weighted by atomic mass is 14.6. The van der Waals surface area contributed by atoms with E-state index in [-0.39, 0.29) is 0 Å². The summed E-state index contributed by atoms with van der Waals surface area (Å²) >= 11 is 0. The Morgan fingerprint density at radius 1 is 1.14 bits per heavy atom. The van der Waals surface area contributed by atoms with E-state index in [4.69, 9.17) is 0 Å². The predicted molar refractivity (Wildman–Crippen MR) is 62.1 cm³/mol. The van der Waals surface area contributed by atoms with E-state index in [1.54, 1.807) is 0 Å². The molecule has 0 radical (unpaired) electrons. The molecule has 2 aliphatic carbocycles. The molecule has 0 spiro atoms. The molecular weight excluding hydrogens is 168 g/mol. The zero-order valence-corrected chi connectivity index (χ0v) is 10.3. The molecule has 0 saturated heterocycles. The van der Waals surface area contributed by atoms with Gasteiger partial charge in [-0.3, -0.25) is 0 Å². The van der Waals surface area contributed by atoms with Crippen molar-refractivity contribution in [3.63, 3.8) is 0 Å². The first-order valence-corrected chi connectivity index (χ1v) is 6.66.